The molecule has 0 amide bonds. The Bertz CT molecular complexity index is 509. The molecule has 87 valence electrons. The van der Waals surface area contributed by atoms with E-state index >= 15 is 0 Å². The van der Waals surface area contributed by atoms with Crippen LogP contribution in [0.15, 0.2) is 36.4 Å². The van der Waals surface area contributed by atoms with Gasteiger partial charge in [0.1, 0.15) is 0 Å². The Morgan fingerprint density at radius 3 is 1.53 bits per heavy atom. The molecule has 5 heteroatoms. The summed E-state index contributed by atoms with van der Waals surface area (Å²) in [6.07, 6.45) is 0. The molecule has 0 bridgehead atoms. The molecule has 2 rings (SSSR count). The molecule has 4 nitrogen and oxygen atoms in total. The molecular formula is C12H12BiN2O2. The number of phenolic OH excluding ortho intramolecular Hbond substituents is 2. The van der Waals surface area contributed by atoms with Crippen molar-refractivity contribution in [1.82, 2.24) is 0 Å². The maximum atomic E-state index is 9.51. The van der Waals surface area contributed by atoms with E-state index in [4.69, 9.17) is 11.5 Å². The second-order valence-corrected chi connectivity index (χ2v) is 8.48. The van der Waals surface area contributed by atoms with E-state index in [-0.39, 0.29) is 11.5 Å². The third kappa shape index (κ3) is 2.80. The molecule has 0 aliphatic carbocycles. The van der Waals surface area contributed by atoms with Gasteiger partial charge < -0.3 is 0 Å². The molecule has 0 unspecified atom stereocenters. The number of aromatic hydroxyl groups is 2. The number of nitrogen functional groups attached to an aromatic ring is 2. The van der Waals surface area contributed by atoms with Crippen molar-refractivity contribution in [3.8, 4) is 11.5 Å². The minimum atomic E-state index is -1.14. The van der Waals surface area contributed by atoms with Gasteiger partial charge in [-0.25, -0.2) is 0 Å². The van der Waals surface area contributed by atoms with Crippen LogP contribution in [0.25, 0.3) is 0 Å². The normalized spacial score (nSPS) is 10.4. The molecule has 0 saturated heterocycles. The van der Waals surface area contributed by atoms with E-state index in [1.165, 1.54) is 0 Å². The van der Waals surface area contributed by atoms with Crippen molar-refractivity contribution in [3.05, 3.63) is 36.4 Å². The Labute approximate surface area is 110 Å². The van der Waals surface area contributed by atoms with Crippen molar-refractivity contribution in [3.63, 3.8) is 0 Å². The summed E-state index contributed by atoms with van der Waals surface area (Å²) in [6.45, 7) is 0. The second-order valence-electron chi connectivity index (χ2n) is 3.60. The number of phenols is 2. The predicted octanol–water partition coefficient (Wildman–Crippen LogP) is -0.0828. The molecule has 0 heterocycles. The monoisotopic (exact) mass is 425 g/mol. The third-order valence-corrected chi connectivity index (χ3v) is 6.46. The van der Waals surface area contributed by atoms with Gasteiger partial charge in [0.05, 0.1) is 0 Å². The Morgan fingerprint density at radius 1 is 0.765 bits per heavy atom. The summed E-state index contributed by atoms with van der Waals surface area (Å²) in [5.74, 6) is 0.233. The molecule has 2 aromatic carbocycles. The van der Waals surface area contributed by atoms with Crippen molar-refractivity contribution in [2.45, 2.75) is 0 Å². The van der Waals surface area contributed by atoms with Crippen molar-refractivity contribution in [1.29, 1.82) is 0 Å². The molecule has 0 aliphatic rings. The summed E-state index contributed by atoms with van der Waals surface area (Å²) < 4.78 is 2.20. The zero-order valence-electron chi connectivity index (χ0n) is 8.96. The summed E-state index contributed by atoms with van der Waals surface area (Å²) in [7, 11) is 0. The molecule has 17 heavy (non-hydrogen) atoms. The standard InChI is InChI=1S/2C6H6NO.Bi/c2*7-5-3-1-2-4-6(5)8;/h2*1,3-4,8H,7H2;. The Kier molecular flexibility index (Phi) is 3.39. The van der Waals surface area contributed by atoms with Gasteiger partial charge in [-0.2, -0.15) is 0 Å². The first-order valence-electron chi connectivity index (χ1n) is 4.95. The van der Waals surface area contributed by atoms with Gasteiger partial charge in [-0.05, 0) is 0 Å². The Morgan fingerprint density at radius 2 is 1.18 bits per heavy atom. The molecule has 0 saturated carbocycles. The van der Waals surface area contributed by atoms with Gasteiger partial charge in [0.15, 0.2) is 0 Å². The third-order valence-electron chi connectivity index (χ3n) is 2.29. The first-order valence-corrected chi connectivity index (χ1v) is 8.42. The van der Waals surface area contributed by atoms with E-state index < -0.39 is 23.2 Å². The molecule has 2 aromatic rings. The van der Waals surface area contributed by atoms with E-state index in [9.17, 15) is 10.2 Å². The molecule has 0 fully saturated rings. The topological polar surface area (TPSA) is 92.5 Å². The fourth-order valence-corrected chi connectivity index (χ4v) is 5.12. The summed E-state index contributed by atoms with van der Waals surface area (Å²) >= 11 is -1.14. The van der Waals surface area contributed by atoms with Gasteiger partial charge in [-0.1, -0.05) is 0 Å². The Hall–Kier alpha value is -1.48. The second kappa shape index (κ2) is 4.80. The summed E-state index contributed by atoms with van der Waals surface area (Å²) in [5, 5.41) is 19.0. The van der Waals surface area contributed by atoms with E-state index in [0.29, 0.717) is 11.4 Å². The fraction of sp³-hybridized carbons (Fsp3) is 0. The summed E-state index contributed by atoms with van der Waals surface area (Å²) in [5.41, 5.74) is 11.8. The number of anilines is 2. The maximum absolute atomic E-state index is 9.51. The quantitative estimate of drug-likeness (QED) is 0.308. The zero-order chi connectivity index (χ0) is 12.4. The van der Waals surface area contributed by atoms with Crippen molar-refractivity contribution < 1.29 is 10.2 Å². The van der Waals surface area contributed by atoms with Crippen LogP contribution in [0.4, 0.5) is 11.4 Å². The van der Waals surface area contributed by atoms with Crippen LogP contribution < -0.4 is 18.0 Å². The van der Waals surface area contributed by atoms with E-state index in [0.717, 1.165) is 6.54 Å². The van der Waals surface area contributed by atoms with Gasteiger partial charge in [-0.3, -0.25) is 0 Å². The van der Waals surface area contributed by atoms with Gasteiger partial charge in [-0.15, -0.1) is 0 Å². The molecule has 0 aliphatic heterocycles. The van der Waals surface area contributed by atoms with Crippen LogP contribution in [0.3, 0.4) is 0 Å². The van der Waals surface area contributed by atoms with Crippen LogP contribution in [0.5, 0.6) is 11.5 Å². The molecular weight excluding hydrogens is 413 g/mol. The van der Waals surface area contributed by atoms with Crippen molar-refractivity contribution in [2.24, 2.45) is 0 Å². The average Bonchev–Trinajstić information content (AvgIpc) is 2.29. The number of hydrogen-bond acceptors (Lipinski definition) is 4. The SMILES string of the molecule is Nc1cc[c]([Bi][c]2ccc(N)c(O)c2)cc1O. The van der Waals surface area contributed by atoms with E-state index in [1.54, 1.807) is 24.3 Å². The van der Waals surface area contributed by atoms with Gasteiger partial charge in [0.25, 0.3) is 0 Å². The molecule has 6 N–H and O–H groups in total. The molecule has 1 radical (unpaired) electrons. The number of benzene rings is 2. The van der Waals surface area contributed by atoms with Crippen LogP contribution in [-0.2, 0) is 0 Å². The van der Waals surface area contributed by atoms with Crippen LogP contribution in [0, 0.1) is 0 Å². The number of nitrogens with two attached hydrogens (primary N) is 2. The van der Waals surface area contributed by atoms with Gasteiger partial charge >= 0.3 is 111 Å². The van der Waals surface area contributed by atoms with E-state index in [1.807, 2.05) is 12.1 Å². The van der Waals surface area contributed by atoms with Crippen molar-refractivity contribution >= 4 is 41.2 Å². The van der Waals surface area contributed by atoms with Crippen LogP contribution >= 0.6 is 0 Å². The van der Waals surface area contributed by atoms with Gasteiger partial charge in [0, 0.05) is 0 Å². The number of rotatable bonds is 2. The zero-order valence-corrected chi connectivity index (χ0v) is 12.4. The molecule has 0 aromatic heterocycles. The number of hydrogen-bond donors (Lipinski definition) is 4. The first kappa shape index (κ1) is 12.0. The van der Waals surface area contributed by atoms with Crippen LogP contribution in [0.2, 0.25) is 0 Å². The van der Waals surface area contributed by atoms with Crippen molar-refractivity contribution in [2.75, 3.05) is 11.5 Å². The molecule has 0 spiro atoms. The van der Waals surface area contributed by atoms with E-state index in [2.05, 4.69) is 0 Å². The Balaban J connectivity index is 2.25. The predicted molar refractivity (Wildman–Crippen MR) is 70.1 cm³/mol. The van der Waals surface area contributed by atoms with Crippen LogP contribution in [-0.4, -0.2) is 33.4 Å². The van der Waals surface area contributed by atoms with Gasteiger partial charge in [0.2, 0.25) is 0 Å². The minimum absolute atomic E-state index is 0.117. The fourth-order valence-electron chi connectivity index (χ4n) is 1.35. The first-order chi connectivity index (χ1) is 8.06. The van der Waals surface area contributed by atoms with Crippen LogP contribution in [0.1, 0.15) is 0 Å². The molecule has 0 atom stereocenters. The average molecular weight is 425 g/mol. The summed E-state index contributed by atoms with van der Waals surface area (Å²) in [6, 6.07) is 10.6. The summed E-state index contributed by atoms with van der Waals surface area (Å²) in [4.78, 5) is 0.